The molecule has 1 rings (SSSR count). The van der Waals surface area contributed by atoms with Crippen LogP contribution in [-0.2, 0) is 4.79 Å². The van der Waals surface area contributed by atoms with Gasteiger partial charge < -0.3 is 20.9 Å². The fourth-order valence-corrected chi connectivity index (χ4v) is 2.41. The van der Waals surface area contributed by atoms with E-state index in [0.717, 1.165) is 0 Å². The highest BCUT2D eigenvalue weighted by Crippen LogP contribution is 2.26. The fourth-order valence-electron chi connectivity index (χ4n) is 1.38. The zero-order valence-corrected chi connectivity index (χ0v) is 13.2. The van der Waals surface area contributed by atoms with Crippen molar-refractivity contribution < 1.29 is 9.59 Å². The van der Waals surface area contributed by atoms with Crippen molar-refractivity contribution in [1.82, 2.24) is 14.8 Å². The molecule has 20 heavy (non-hydrogen) atoms. The summed E-state index contributed by atoms with van der Waals surface area (Å²) in [5, 5.41) is 3.71. The Morgan fingerprint density at radius 1 is 1.35 bits per heavy atom. The van der Waals surface area contributed by atoms with E-state index in [4.69, 9.17) is 5.73 Å². The number of hydrogen-bond acceptors (Lipinski definition) is 6. The number of amides is 2. The Morgan fingerprint density at radius 3 is 2.45 bits per heavy atom. The maximum Gasteiger partial charge on any atom is 0.268 e. The smallest absolute Gasteiger partial charge is 0.268 e. The van der Waals surface area contributed by atoms with Crippen molar-refractivity contribution in [3.05, 3.63) is 4.88 Å². The summed E-state index contributed by atoms with van der Waals surface area (Å²) in [6.07, 6.45) is 0. The summed E-state index contributed by atoms with van der Waals surface area (Å²) in [6, 6.07) is 0.205. The van der Waals surface area contributed by atoms with E-state index in [1.807, 2.05) is 13.8 Å². The first-order chi connectivity index (χ1) is 9.22. The van der Waals surface area contributed by atoms with Gasteiger partial charge in [-0.15, -0.1) is 0 Å². The van der Waals surface area contributed by atoms with Gasteiger partial charge in [-0.1, -0.05) is 11.3 Å². The van der Waals surface area contributed by atoms with E-state index >= 15 is 0 Å². The number of nitrogens with one attached hydrogen (secondary N) is 1. The second kappa shape index (κ2) is 6.56. The maximum atomic E-state index is 12.2. The van der Waals surface area contributed by atoms with Crippen LogP contribution in [0.25, 0.3) is 0 Å². The third kappa shape index (κ3) is 4.09. The van der Waals surface area contributed by atoms with Crippen LogP contribution in [-0.4, -0.2) is 60.3 Å². The van der Waals surface area contributed by atoms with Crippen molar-refractivity contribution in [2.24, 2.45) is 0 Å². The van der Waals surface area contributed by atoms with Gasteiger partial charge in [0.15, 0.2) is 5.13 Å². The molecular weight excluding hydrogens is 278 g/mol. The summed E-state index contributed by atoms with van der Waals surface area (Å²) in [5.74, 6) is -0.260. The predicted octanol–water partition coefficient (Wildman–Crippen LogP) is 0.706. The molecule has 7 nitrogen and oxygen atoms in total. The van der Waals surface area contributed by atoms with Gasteiger partial charge in [-0.25, -0.2) is 4.98 Å². The monoisotopic (exact) mass is 299 g/mol. The SMILES string of the molecule is CC(C)Nc1nc(N)c(C(=O)N(C)CC(=O)N(C)C)s1. The van der Waals surface area contributed by atoms with Gasteiger partial charge >= 0.3 is 0 Å². The molecule has 112 valence electrons. The number of carbonyl (C=O) groups is 2. The number of nitrogens with zero attached hydrogens (tertiary/aromatic N) is 3. The molecule has 0 atom stereocenters. The van der Waals surface area contributed by atoms with Crippen LogP contribution in [0.3, 0.4) is 0 Å². The Morgan fingerprint density at radius 2 is 1.95 bits per heavy atom. The zero-order valence-electron chi connectivity index (χ0n) is 12.4. The number of likely N-dealkylation sites (N-methyl/N-ethyl adjacent to an activating group) is 2. The average Bonchev–Trinajstić information content (AvgIpc) is 2.67. The Balaban J connectivity index is 2.81. The van der Waals surface area contributed by atoms with Gasteiger partial charge in [-0.05, 0) is 13.8 Å². The lowest BCUT2D eigenvalue weighted by molar-refractivity contribution is -0.129. The first-order valence-corrected chi connectivity index (χ1v) is 7.02. The van der Waals surface area contributed by atoms with Gasteiger partial charge in [0, 0.05) is 27.2 Å². The number of anilines is 2. The van der Waals surface area contributed by atoms with Crippen LogP contribution in [0.5, 0.6) is 0 Å². The highest BCUT2D eigenvalue weighted by atomic mass is 32.1. The molecule has 1 aromatic heterocycles. The van der Waals surface area contributed by atoms with E-state index in [-0.39, 0.29) is 30.2 Å². The molecule has 2 amide bonds. The molecule has 0 saturated heterocycles. The fraction of sp³-hybridized carbons (Fsp3) is 0.583. The molecule has 3 N–H and O–H groups in total. The second-order valence-electron chi connectivity index (χ2n) is 4.98. The minimum Gasteiger partial charge on any atom is -0.382 e. The Hall–Kier alpha value is -1.83. The lowest BCUT2D eigenvalue weighted by Gasteiger charge is -2.18. The van der Waals surface area contributed by atoms with Crippen LogP contribution in [0, 0.1) is 0 Å². The molecule has 0 aliphatic rings. The predicted molar refractivity (Wildman–Crippen MR) is 80.9 cm³/mol. The van der Waals surface area contributed by atoms with Crippen molar-refractivity contribution in [3.8, 4) is 0 Å². The van der Waals surface area contributed by atoms with Gasteiger partial charge in [0.2, 0.25) is 5.91 Å². The van der Waals surface area contributed by atoms with Crippen LogP contribution < -0.4 is 11.1 Å². The molecule has 0 radical (unpaired) electrons. The topological polar surface area (TPSA) is 91.6 Å². The van der Waals surface area contributed by atoms with Crippen molar-refractivity contribution >= 4 is 34.1 Å². The number of nitrogens with two attached hydrogens (primary N) is 1. The third-order valence-electron chi connectivity index (χ3n) is 2.48. The summed E-state index contributed by atoms with van der Waals surface area (Å²) in [4.78, 5) is 31.1. The molecule has 8 heteroatoms. The van der Waals surface area contributed by atoms with E-state index in [2.05, 4.69) is 10.3 Å². The molecule has 0 aromatic carbocycles. The third-order valence-corrected chi connectivity index (χ3v) is 3.47. The van der Waals surface area contributed by atoms with E-state index < -0.39 is 0 Å². The van der Waals surface area contributed by atoms with E-state index in [0.29, 0.717) is 10.0 Å². The largest absolute Gasteiger partial charge is 0.382 e. The average molecular weight is 299 g/mol. The highest BCUT2D eigenvalue weighted by Gasteiger charge is 2.22. The summed E-state index contributed by atoms with van der Waals surface area (Å²) >= 11 is 1.20. The van der Waals surface area contributed by atoms with Gasteiger partial charge in [0.1, 0.15) is 10.7 Å². The maximum absolute atomic E-state index is 12.2. The molecule has 0 unspecified atom stereocenters. The second-order valence-corrected chi connectivity index (χ2v) is 5.98. The first kappa shape index (κ1) is 16.2. The highest BCUT2D eigenvalue weighted by molar-refractivity contribution is 7.18. The van der Waals surface area contributed by atoms with E-state index in [1.165, 1.54) is 21.1 Å². The normalized spacial score (nSPS) is 10.5. The number of thiazole rings is 1. The minimum atomic E-state index is -0.299. The Labute approximate surface area is 122 Å². The minimum absolute atomic E-state index is 0.0100. The molecule has 0 saturated carbocycles. The number of carbonyl (C=O) groups excluding carboxylic acids is 2. The van der Waals surface area contributed by atoms with Gasteiger partial charge in [-0.3, -0.25) is 9.59 Å². The molecule has 0 fully saturated rings. The van der Waals surface area contributed by atoms with Gasteiger partial charge in [-0.2, -0.15) is 0 Å². The summed E-state index contributed by atoms with van der Waals surface area (Å²) in [6.45, 7) is 3.96. The van der Waals surface area contributed by atoms with Crippen molar-refractivity contribution in [2.45, 2.75) is 19.9 Å². The molecular formula is C12H21N5O2S. The number of aromatic nitrogens is 1. The first-order valence-electron chi connectivity index (χ1n) is 6.20. The van der Waals surface area contributed by atoms with Crippen molar-refractivity contribution in [1.29, 1.82) is 0 Å². The molecule has 0 aliphatic heterocycles. The Kier molecular flexibility index (Phi) is 5.32. The standard InChI is InChI=1S/C12H21N5O2S/c1-7(2)14-12-15-10(13)9(20-12)11(19)17(5)6-8(18)16(3)4/h7H,6,13H2,1-5H3,(H,14,15). The van der Waals surface area contributed by atoms with Crippen LogP contribution in [0.1, 0.15) is 23.5 Å². The molecule has 0 aliphatic carbocycles. The van der Waals surface area contributed by atoms with E-state index in [1.54, 1.807) is 21.1 Å². The summed E-state index contributed by atoms with van der Waals surface area (Å²) < 4.78 is 0. The van der Waals surface area contributed by atoms with Crippen molar-refractivity contribution in [2.75, 3.05) is 38.7 Å². The van der Waals surface area contributed by atoms with Crippen LogP contribution in [0.2, 0.25) is 0 Å². The number of hydrogen-bond donors (Lipinski definition) is 2. The number of nitrogen functional groups attached to an aromatic ring is 1. The zero-order chi connectivity index (χ0) is 15.4. The van der Waals surface area contributed by atoms with E-state index in [9.17, 15) is 9.59 Å². The number of rotatable bonds is 5. The van der Waals surface area contributed by atoms with Gasteiger partial charge in [0.25, 0.3) is 5.91 Å². The lowest BCUT2D eigenvalue weighted by atomic mass is 10.4. The van der Waals surface area contributed by atoms with Crippen LogP contribution in [0.15, 0.2) is 0 Å². The lowest BCUT2D eigenvalue weighted by Crippen LogP contribution is -2.37. The van der Waals surface area contributed by atoms with Crippen LogP contribution >= 0.6 is 11.3 Å². The molecule has 1 aromatic rings. The summed E-state index contributed by atoms with van der Waals surface area (Å²) in [5.41, 5.74) is 5.76. The molecule has 0 spiro atoms. The van der Waals surface area contributed by atoms with Gasteiger partial charge in [0.05, 0.1) is 6.54 Å². The van der Waals surface area contributed by atoms with Crippen LogP contribution in [0.4, 0.5) is 10.9 Å². The quantitative estimate of drug-likeness (QED) is 0.835. The molecule has 0 bridgehead atoms. The van der Waals surface area contributed by atoms with Crippen molar-refractivity contribution in [3.63, 3.8) is 0 Å². The summed E-state index contributed by atoms with van der Waals surface area (Å²) in [7, 11) is 4.86. The Bertz CT molecular complexity index is 498. The molecule has 1 heterocycles.